The second kappa shape index (κ2) is 12.3. The molecule has 2 unspecified atom stereocenters. The predicted molar refractivity (Wildman–Crippen MR) is 119 cm³/mol. The molecule has 3 N–H and O–H groups in total. The number of hydrogen-bond acceptors (Lipinski definition) is 4. The van der Waals surface area contributed by atoms with Crippen LogP contribution in [0, 0.1) is 0 Å². The number of benzene rings is 2. The summed E-state index contributed by atoms with van der Waals surface area (Å²) in [5.41, 5.74) is 8.31. The van der Waals surface area contributed by atoms with Crippen molar-refractivity contribution < 1.29 is 4.79 Å². The van der Waals surface area contributed by atoms with Gasteiger partial charge in [-0.05, 0) is 11.1 Å². The molecule has 0 spiro atoms. The summed E-state index contributed by atoms with van der Waals surface area (Å²) in [6, 6.07) is 19.5. The molecule has 0 aliphatic carbocycles. The highest BCUT2D eigenvalue weighted by Gasteiger charge is 2.28. The molecule has 1 heterocycles. The molecule has 0 radical (unpaired) electrons. The molecule has 1 fully saturated rings. The highest BCUT2D eigenvalue weighted by molar-refractivity contribution is 7.99. The minimum atomic E-state index is -0.245. The maximum Gasteiger partial charge on any atom is 0.242 e. The number of nitrogens with two attached hydrogens (primary N) is 1. The topological polar surface area (TPSA) is 58.4 Å². The fourth-order valence-electron chi connectivity index (χ4n) is 3.12. The molecule has 7 heteroatoms. The van der Waals surface area contributed by atoms with Crippen molar-refractivity contribution in [1.29, 1.82) is 0 Å². The summed E-state index contributed by atoms with van der Waals surface area (Å²) < 4.78 is 0. The van der Waals surface area contributed by atoms with Crippen LogP contribution in [0.15, 0.2) is 60.7 Å². The molecule has 1 aliphatic heterocycles. The van der Waals surface area contributed by atoms with Crippen molar-refractivity contribution in [1.82, 2.24) is 10.2 Å². The highest BCUT2D eigenvalue weighted by atomic mass is 35.5. The van der Waals surface area contributed by atoms with Crippen molar-refractivity contribution in [2.45, 2.75) is 12.1 Å². The van der Waals surface area contributed by atoms with Crippen LogP contribution >= 0.6 is 36.6 Å². The van der Waals surface area contributed by atoms with Crippen LogP contribution in [0.3, 0.4) is 0 Å². The van der Waals surface area contributed by atoms with E-state index < -0.39 is 0 Å². The Bertz CT molecular complexity index is 669. The lowest BCUT2D eigenvalue weighted by Gasteiger charge is -2.33. The van der Waals surface area contributed by atoms with E-state index in [-0.39, 0.29) is 42.8 Å². The van der Waals surface area contributed by atoms with E-state index in [4.69, 9.17) is 5.73 Å². The molecule has 2 aromatic rings. The highest BCUT2D eigenvalue weighted by Crippen LogP contribution is 2.24. The smallest absolute Gasteiger partial charge is 0.242 e. The van der Waals surface area contributed by atoms with Gasteiger partial charge >= 0.3 is 0 Å². The number of hydrogen-bond donors (Lipinski definition) is 2. The van der Waals surface area contributed by atoms with Crippen LogP contribution in [0.25, 0.3) is 0 Å². The normalized spacial score (nSPS) is 16.3. The van der Waals surface area contributed by atoms with E-state index >= 15 is 0 Å². The van der Waals surface area contributed by atoms with Crippen molar-refractivity contribution in [3.05, 3.63) is 71.8 Å². The van der Waals surface area contributed by atoms with Gasteiger partial charge in [0.1, 0.15) is 6.04 Å². The maximum atomic E-state index is 13.0. The molecular formula is C20H27Cl2N3OS. The fourth-order valence-corrected chi connectivity index (χ4v) is 4.06. The zero-order valence-corrected chi connectivity index (χ0v) is 17.6. The summed E-state index contributed by atoms with van der Waals surface area (Å²) in [6.45, 7) is 2.31. The van der Waals surface area contributed by atoms with E-state index in [9.17, 15) is 4.79 Å². The Kier molecular flexibility index (Phi) is 10.8. The first-order chi connectivity index (χ1) is 12.3. The van der Waals surface area contributed by atoms with E-state index in [0.29, 0.717) is 6.54 Å². The van der Waals surface area contributed by atoms with E-state index in [2.05, 4.69) is 10.2 Å². The molecule has 3 rings (SSSR count). The fraction of sp³-hybridized carbons (Fsp3) is 0.350. The van der Waals surface area contributed by atoms with Crippen molar-refractivity contribution in [2.75, 3.05) is 31.1 Å². The van der Waals surface area contributed by atoms with Gasteiger partial charge in [0.25, 0.3) is 0 Å². The number of nitrogens with zero attached hydrogens (tertiary/aromatic N) is 1. The average molecular weight is 428 g/mol. The van der Waals surface area contributed by atoms with Crippen LogP contribution in [0.1, 0.15) is 23.2 Å². The molecule has 2 atom stereocenters. The van der Waals surface area contributed by atoms with Crippen molar-refractivity contribution >= 4 is 42.5 Å². The van der Waals surface area contributed by atoms with Crippen LogP contribution < -0.4 is 11.1 Å². The monoisotopic (exact) mass is 427 g/mol. The Hall–Kier alpha value is -1.24. The minimum Gasteiger partial charge on any atom is -0.353 e. The summed E-state index contributed by atoms with van der Waals surface area (Å²) in [7, 11) is 0. The molecule has 4 nitrogen and oxygen atoms in total. The van der Waals surface area contributed by atoms with Gasteiger partial charge in [-0.15, -0.1) is 24.8 Å². The predicted octanol–water partition coefficient (Wildman–Crippen LogP) is 3.44. The zero-order valence-electron chi connectivity index (χ0n) is 15.1. The SMILES string of the molecule is Cl.Cl.NC(CNC(=O)C(c1ccccc1)N1CCSCC1)c1ccccc1. The lowest BCUT2D eigenvalue weighted by Crippen LogP contribution is -2.45. The molecule has 0 saturated carbocycles. The molecular weight excluding hydrogens is 401 g/mol. The van der Waals surface area contributed by atoms with Crippen LogP contribution in [0.2, 0.25) is 0 Å². The Morgan fingerprint density at radius 1 is 0.963 bits per heavy atom. The van der Waals surface area contributed by atoms with Gasteiger partial charge in [-0.3, -0.25) is 9.69 Å². The van der Waals surface area contributed by atoms with E-state index in [1.165, 1.54) is 0 Å². The van der Waals surface area contributed by atoms with E-state index in [1.54, 1.807) is 0 Å². The Morgan fingerprint density at radius 3 is 2.04 bits per heavy atom. The second-order valence-corrected chi connectivity index (χ2v) is 7.45. The third-order valence-corrected chi connectivity index (χ3v) is 5.44. The summed E-state index contributed by atoms with van der Waals surface area (Å²) in [5, 5.41) is 3.06. The third kappa shape index (κ3) is 6.70. The second-order valence-electron chi connectivity index (χ2n) is 6.22. The lowest BCUT2D eigenvalue weighted by atomic mass is 10.0. The first-order valence-electron chi connectivity index (χ1n) is 8.70. The quantitative estimate of drug-likeness (QED) is 0.740. The van der Waals surface area contributed by atoms with Crippen molar-refractivity contribution in [3.8, 4) is 0 Å². The number of carbonyl (C=O) groups is 1. The zero-order chi connectivity index (χ0) is 17.5. The standard InChI is InChI=1S/C20H25N3OS.2ClH/c21-18(16-7-3-1-4-8-16)15-22-20(24)19(17-9-5-2-6-10-17)23-11-13-25-14-12-23;;/h1-10,18-19H,11-15,21H2,(H,22,24);2*1H. The van der Waals surface area contributed by atoms with Gasteiger partial charge in [-0.1, -0.05) is 60.7 Å². The number of thioether (sulfide) groups is 1. The molecule has 27 heavy (non-hydrogen) atoms. The molecule has 1 aliphatic rings. The number of rotatable bonds is 6. The molecule has 0 aromatic heterocycles. The summed E-state index contributed by atoms with van der Waals surface area (Å²) in [4.78, 5) is 15.2. The largest absolute Gasteiger partial charge is 0.353 e. The molecule has 1 amide bonds. The lowest BCUT2D eigenvalue weighted by molar-refractivity contribution is -0.126. The molecule has 2 aromatic carbocycles. The number of nitrogens with one attached hydrogen (secondary N) is 1. The maximum absolute atomic E-state index is 13.0. The molecule has 148 valence electrons. The van der Waals surface area contributed by atoms with E-state index in [0.717, 1.165) is 35.7 Å². The Balaban J connectivity index is 0.00000182. The number of halogens is 2. The number of carbonyl (C=O) groups excluding carboxylic acids is 1. The Morgan fingerprint density at radius 2 is 1.48 bits per heavy atom. The first kappa shape index (κ1) is 23.8. The van der Waals surface area contributed by atoms with Gasteiger partial charge < -0.3 is 11.1 Å². The van der Waals surface area contributed by atoms with Gasteiger partial charge in [-0.2, -0.15) is 11.8 Å². The Labute approximate surface area is 178 Å². The van der Waals surface area contributed by atoms with Crippen LogP contribution in [0.5, 0.6) is 0 Å². The minimum absolute atomic E-state index is 0. The molecule has 1 saturated heterocycles. The van der Waals surface area contributed by atoms with Gasteiger partial charge in [0, 0.05) is 37.2 Å². The third-order valence-electron chi connectivity index (χ3n) is 4.50. The van der Waals surface area contributed by atoms with Crippen LogP contribution in [0.4, 0.5) is 0 Å². The van der Waals surface area contributed by atoms with Gasteiger partial charge in [0.15, 0.2) is 0 Å². The van der Waals surface area contributed by atoms with Crippen molar-refractivity contribution in [3.63, 3.8) is 0 Å². The van der Waals surface area contributed by atoms with Crippen molar-refractivity contribution in [2.24, 2.45) is 5.73 Å². The summed E-state index contributed by atoms with van der Waals surface area (Å²) >= 11 is 1.95. The first-order valence-corrected chi connectivity index (χ1v) is 9.86. The number of amides is 1. The van der Waals surface area contributed by atoms with Crippen LogP contribution in [-0.4, -0.2) is 41.9 Å². The van der Waals surface area contributed by atoms with Gasteiger partial charge in [-0.25, -0.2) is 0 Å². The van der Waals surface area contributed by atoms with E-state index in [1.807, 2.05) is 72.4 Å². The average Bonchev–Trinajstić information content (AvgIpc) is 2.69. The van der Waals surface area contributed by atoms with Gasteiger partial charge in [0.2, 0.25) is 5.91 Å². The summed E-state index contributed by atoms with van der Waals surface area (Å²) in [5.74, 6) is 2.17. The van der Waals surface area contributed by atoms with Gasteiger partial charge in [0.05, 0.1) is 0 Å². The summed E-state index contributed by atoms with van der Waals surface area (Å²) in [6.07, 6.45) is 0. The van der Waals surface area contributed by atoms with Crippen LogP contribution in [-0.2, 0) is 4.79 Å². The molecule has 0 bridgehead atoms.